The number of hydrogen-bond acceptors (Lipinski definition) is 3. The van der Waals surface area contributed by atoms with E-state index in [1.807, 2.05) is 12.1 Å². The Balaban J connectivity index is 2.10. The van der Waals surface area contributed by atoms with Crippen molar-refractivity contribution in [3.8, 4) is 0 Å². The van der Waals surface area contributed by atoms with E-state index in [9.17, 15) is 4.79 Å². The molecule has 1 saturated carbocycles. The highest BCUT2D eigenvalue weighted by Gasteiger charge is 2.14. The molecule has 0 saturated heterocycles. The fraction of sp³-hybridized carbons (Fsp3) is 0.588. The molecule has 4 heteroatoms. The number of hydrogen-bond donors (Lipinski definition) is 2. The number of amides is 1. The van der Waals surface area contributed by atoms with E-state index in [1.165, 1.54) is 44.9 Å². The van der Waals surface area contributed by atoms with Crippen LogP contribution in [0.4, 0.5) is 11.4 Å². The number of carbonyl (C=O) groups is 1. The lowest BCUT2D eigenvalue weighted by Crippen LogP contribution is -2.23. The molecule has 1 aromatic rings. The molecule has 116 valence electrons. The Kier molecular flexibility index (Phi) is 5.48. The van der Waals surface area contributed by atoms with Gasteiger partial charge in [-0.05, 0) is 31.0 Å². The van der Waals surface area contributed by atoms with Crippen molar-refractivity contribution in [3.05, 3.63) is 23.8 Å². The third kappa shape index (κ3) is 4.38. The molecule has 0 radical (unpaired) electrons. The molecule has 4 nitrogen and oxygen atoms in total. The fourth-order valence-electron chi connectivity index (χ4n) is 2.89. The molecule has 0 aromatic heterocycles. The summed E-state index contributed by atoms with van der Waals surface area (Å²) in [5, 5.41) is 3.56. The lowest BCUT2D eigenvalue weighted by Gasteiger charge is -2.23. The minimum Gasteiger partial charge on any atom is -0.397 e. The molecule has 0 bridgehead atoms. The standard InChI is InChI=1S/C17H27N3O/c1-20(2)17(21)13-10-11-15(18)16(12-13)19-14-8-6-4-3-5-7-9-14/h10-12,14,19H,3-9,18H2,1-2H3. The maximum atomic E-state index is 12.1. The molecular formula is C17H27N3O. The fourth-order valence-corrected chi connectivity index (χ4v) is 2.89. The van der Waals surface area contributed by atoms with E-state index in [4.69, 9.17) is 5.73 Å². The molecule has 0 aliphatic heterocycles. The number of carbonyl (C=O) groups excluding carboxylic acids is 1. The topological polar surface area (TPSA) is 58.4 Å². The smallest absolute Gasteiger partial charge is 0.253 e. The van der Waals surface area contributed by atoms with Gasteiger partial charge in [-0.15, -0.1) is 0 Å². The highest BCUT2D eigenvalue weighted by atomic mass is 16.2. The van der Waals surface area contributed by atoms with Gasteiger partial charge in [0.1, 0.15) is 0 Å². The van der Waals surface area contributed by atoms with E-state index in [2.05, 4.69) is 5.32 Å². The number of nitrogen functional groups attached to an aromatic ring is 1. The van der Waals surface area contributed by atoms with Crippen molar-refractivity contribution in [1.29, 1.82) is 0 Å². The summed E-state index contributed by atoms with van der Waals surface area (Å²) in [6.07, 6.45) is 8.93. The second-order valence-corrected chi connectivity index (χ2v) is 6.19. The number of rotatable bonds is 3. The molecule has 1 amide bonds. The van der Waals surface area contributed by atoms with Gasteiger partial charge in [0, 0.05) is 25.7 Å². The second-order valence-electron chi connectivity index (χ2n) is 6.19. The van der Waals surface area contributed by atoms with E-state index in [0.717, 1.165) is 5.69 Å². The zero-order valence-corrected chi connectivity index (χ0v) is 13.2. The van der Waals surface area contributed by atoms with Crippen LogP contribution in [0.25, 0.3) is 0 Å². The van der Waals surface area contributed by atoms with Crippen LogP contribution in [0.15, 0.2) is 18.2 Å². The van der Waals surface area contributed by atoms with E-state index in [0.29, 0.717) is 17.3 Å². The SMILES string of the molecule is CN(C)C(=O)c1ccc(N)c(NC2CCCCCCC2)c1. The summed E-state index contributed by atoms with van der Waals surface area (Å²) in [5.74, 6) is 0.00992. The Morgan fingerprint density at radius 3 is 2.38 bits per heavy atom. The van der Waals surface area contributed by atoms with Gasteiger partial charge in [0.25, 0.3) is 5.91 Å². The van der Waals surface area contributed by atoms with Crippen LogP contribution in [0.3, 0.4) is 0 Å². The Hall–Kier alpha value is -1.71. The van der Waals surface area contributed by atoms with Gasteiger partial charge in [0.15, 0.2) is 0 Å². The Morgan fingerprint density at radius 1 is 1.14 bits per heavy atom. The summed E-state index contributed by atoms with van der Waals surface area (Å²) in [6, 6.07) is 5.97. The predicted octanol–water partition coefficient (Wildman–Crippen LogP) is 3.50. The first-order valence-electron chi connectivity index (χ1n) is 7.95. The molecule has 1 fully saturated rings. The van der Waals surface area contributed by atoms with Crippen molar-refractivity contribution < 1.29 is 4.79 Å². The maximum Gasteiger partial charge on any atom is 0.253 e. The van der Waals surface area contributed by atoms with Gasteiger partial charge in [-0.2, -0.15) is 0 Å². The number of nitrogens with zero attached hydrogens (tertiary/aromatic N) is 1. The van der Waals surface area contributed by atoms with Gasteiger partial charge < -0.3 is 16.0 Å². The van der Waals surface area contributed by atoms with Gasteiger partial charge in [0.2, 0.25) is 0 Å². The summed E-state index contributed by atoms with van der Waals surface area (Å²) < 4.78 is 0. The van der Waals surface area contributed by atoms with Gasteiger partial charge in [-0.25, -0.2) is 0 Å². The molecular weight excluding hydrogens is 262 g/mol. The van der Waals surface area contributed by atoms with Crippen molar-refractivity contribution in [2.75, 3.05) is 25.1 Å². The van der Waals surface area contributed by atoms with Gasteiger partial charge >= 0.3 is 0 Å². The van der Waals surface area contributed by atoms with Gasteiger partial charge in [-0.1, -0.05) is 32.1 Å². The highest BCUT2D eigenvalue weighted by Crippen LogP contribution is 2.25. The molecule has 1 aliphatic rings. The van der Waals surface area contributed by atoms with Crippen LogP contribution in [-0.4, -0.2) is 30.9 Å². The number of nitrogens with one attached hydrogen (secondary N) is 1. The Bertz CT molecular complexity index is 477. The molecule has 0 atom stereocenters. The van der Waals surface area contributed by atoms with E-state index in [1.54, 1.807) is 25.1 Å². The predicted molar refractivity (Wildman–Crippen MR) is 88.6 cm³/mol. The van der Waals surface area contributed by atoms with Crippen LogP contribution in [0.1, 0.15) is 55.3 Å². The highest BCUT2D eigenvalue weighted by molar-refractivity contribution is 5.95. The molecule has 21 heavy (non-hydrogen) atoms. The monoisotopic (exact) mass is 289 g/mol. The Labute approximate surface area is 127 Å². The first kappa shape index (κ1) is 15.7. The first-order valence-corrected chi connectivity index (χ1v) is 7.95. The average Bonchev–Trinajstić information content (AvgIpc) is 2.42. The quantitative estimate of drug-likeness (QED) is 0.837. The lowest BCUT2D eigenvalue weighted by atomic mass is 9.96. The van der Waals surface area contributed by atoms with Crippen molar-refractivity contribution in [1.82, 2.24) is 4.90 Å². The third-order valence-corrected chi connectivity index (χ3v) is 4.17. The summed E-state index contributed by atoms with van der Waals surface area (Å²) in [7, 11) is 3.53. The number of anilines is 2. The van der Waals surface area contributed by atoms with Crippen LogP contribution in [0, 0.1) is 0 Å². The summed E-state index contributed by atoms with van der Waals surface area (Å²) >= 11 is 0. The van der Waals surface area contributed by atoms with Crippen LogP contribution in [0.5, 0.6) is 0 Å². The normalized spacial score (nSPS) is 16.9. The Morgan fingerprint density at radius 2 is 1.76 bits per heavy atom. The first-order chi connectivity index (χ1) is 10.1. The summed E-state index contributed by atoms with van der Waals surface area (Å²) in [5.41, 5.74) is 8.36. The molecule has 1 aromatic carbocycles. The molecule has 0 spiro atoms. The zero-order valence-electron chi connectivity index (χ0n) is 13.2. The minimum atomic E-state index is 0.00992. The van der Waals surface area contributed by atoms with Crippen molar-refractivity contribution in [2.45, 2.75) is 51.0 Å². The molecule has 3 N–H and O–H groups in total. The van der Waals surface area contributed by atoms with Crippen molar-refractivity contribution in [3.63, 3.8) is 0 Å². The zero-order chi connectivity index (χ0) is 15.2. The van der Waals surface area contributed by atoms with Gasteiger partial charge in [-0.3, -0.25) is 4.79 Å². The molecule has 2 rings (SSSR count). The lowest BCUT2D eigenvalue weighted by molar-refractivity contribution is 0.0827. The molecule has 0 heterocycles. The summed E-state index contributed by atoms with van der Waals surface area (Å²) in [6.45, 7) is 0. The van der Waals surface area contributed by atoms with Gasteiger partial charge in [0.05, 0.1) is 11.4 Å². The maximum absolute atomic E-state index is 12.1. The molecule has 0 unspecified atom stereocenters. The van der Waals surface area contributed by atoms with Crippen molar-refractivity contribution >= 4 is 17.3 Å². The molecule has 1 aliphatic carbocycles. The van der Waals surface area contributed by atoms with E-state index < -0.39 is 0 Å². The second kappa shape index (κ2) is 7.34. The number of benzene rings is 1. The third-order valence-electron chi connectivity index (χ3n) is 4.17. The largest absolute Gasteiger partial charge is 0.397 e. The van der Waals surface area contributed by atoms with Crippen LogP contribution in [0.2, 0.25) is 0 Å². The van der Waals surface area contributed by atoms with Crippen LogP contribution < -0.4 is 11.1 Å². The minimum absolute atomic E-state index is 0.00992. The number of nitrogens with two attached hydrogens (primary N) is 1. The van der Waals surface area contributed by atoms with Crippen LogP contribution in [-0.2, 0) is 0 Å². The van der Waals surface area contributed by atoms with E-state index in [-0.39, 0.29) is 5.91 Å². The van der Waals surface area contributed by atoms with Crippen LogP contribution >= 0.6 is 0 Å². The van der Waals surface area contributed by atoms with E-state index >= 15 is 0 Å². The summed E-state index contributed by atoms with van der Waals surface area (Å²) in [4.78, 5) is 13.6. The average molecular weight is 289 g/mol. The van der Waals surface area contributed by atoms with Crippen molar-refractivity contribution in [2.24, 2.45) is 0 Å².